The normalized spacial score (nSPS) is 27.6. The summed E-state index contributed by atoms with van der Waals surface area (Å²) in [4.78, 5) is 15.9. The lowest BCUT2D eigenvalue weighted by atomic mass is 9.83. The Kier molecular flexibility index (Phi) is 4.74. The molecule has 0 N–H and O–H groups in total. The molecule has 26 heavy (non-hydrogen) atoms. The molecule has 0 aromatic heterocycles. The molecule has 1 amide bonds. The summed E-state index contributed by atoms with van der Waals surface area (Å²) in [5.41, 5.74) is 0.869. The predicted octanol–water partition coefficient (Wildman–Crippen LogP) is 4.67. The van der Waals surface area contributed by atoms with E-state index >= 15 is 0 Å². The maximum absolute atomic E-state index is 13.7. The number of carbonyl (C=O) groups is 1. The van der Waals surface area contributed by atoms with Crippen LogP contribution in [0.1, 0.15) is 49.4 Å². The molecule has 3 heterocycles. The number of benzene rings is 2. The zero-order chi connectivity index (χ0) is 18.1. The third-order valence-corrected chi connectivity index (χ3v) is 6.75. The first-order chi connectivity index (χ1) is 12.6. The van der Waals surface area contributed by atoms with Crippen LogP contribution in [0.5, 0.6) is 0 Å². The van der Waals surface area contributed by atoms with Gasteiger partial charge in [0, 0.05) is 18.5 Å². The van der Waals surface area contributed by atoms with Gasteiger partial charge in [-0.15, -0.1) is 0 Å². The number of hydrogen-bond acceptors (Lipinski definition) is 1. The van der Waals surface area contributed by atoms with Gasteiger partial charge in [-0.25, -0.2) is 0 Å². The fraction of sp³-hybridized carbons (Fsp3) is 0.522. The summed E-state index contributed by atoms with van der Waals surface area (Å²) in [6.07, 6.45) is 6.39. The minimum atomic E-state index is 0.229. The van der Waals surface area contributed by atoms with E-state index in [1.54, 1.807) is 0 Å². The maximum atomic E-state index is 13.7. The van der Waals surface area contributed by atoms with Crippen molar-refractivity contribution >= 4 is 16.7 Å². The number of quaternary nitrogens is 1. The summed E-state index contributed by atoms with van der Waals surface area (Å²) >= 11 is 0. The van der Waals surface area contributed by atoms with Gasteiger partial charge < -0.3 is 4.48 Å². The highest BCUT2D eigenvalue weighted by atomic mass is 16.2. The number of unbranched alkanes of at least 4 members (excludes halogenated alkanes) is 1. The highest BCUT2D eigenvalue weighted by Crippen LogP contribution is 2.39. The van der Waals surface area contributed by atoms with E-state index in [0.29, 0.717) is 6.17 Å². The molecule has 2 bridgehead atoms. The van der Waals surface area contributed by atoms with Crippen LogP contribution in [0.3, 0.4) is 0 Å². The smallest absolute Gasteiger partial charge is 0.258 e. The van der Waals surface area contributed by atoms with Gasteiger partial charge in [0.15, 0.2) is 6.17 Å². The van der Waals surface area contributed by atoms with E-state index in [0.717, 1.165) is 46.1 Å². The number of piperidine rings is 3. The molecule has 3 nitrogen and oxygen atoms in total. The van der Waals surface area contributed by atoms with Crippen molar-refractivity contribution in [3.8, 4) is 0 Å². The molecule has 138 valence electrons. The number of amides is 1. The summed E-state index contributed by atoms with van der Waals surface area (Å²) in [5, 5.41) is 2.24. The molecule has 3 saturated heterocycles. The van der Waals surface area contributed by atoms with Gasteiger partial charge in [0.1, 0.15) is 0 Å². The summed E-state index contributed by atoms with van der Waals surface area (Å²) in [6.45, 7) is 5.54. The van der Waals surface area contributed by atoms with Crippen LogP contribution in [-0.2, 0) is 0 Å². The largest absolute Gasteiger partial charge is 0.306 e. The van der Waals surface area contributed by atoms with Crippen molar-refractivity contribution in [3.05, 3.63) is 48.0 Å². The van der Waals surface area contributed by atoms with E-state index in [1.807, 2.05) is 24.3 Å². The average Bonchev–Trinajstić information content (AvgIpc) is 2.68. The van der Waals surface area contributed by atoms with Crippen LogP contribution in [0.4, 0.5) is 0 Å². The molecule has 3 heteroatoms. The molecular formula is C23H31N2O+. The van der Waals surface area contributed by atoms with E-state index in [1.165, 1.54) is 32.4 Å². The molecule has 3 fully saturated rings. The molecule has 0 aliphatic carbocycles. The first-order valence-corrected chi connectivity index (χ1v) is 10.3. The van der Waals surface area contributed by atoms with Gasteiger partial charge in [-0.2, -0.15) is 0 Å². The van der Waals surface area contributed by atoms with Crippen LogP contribution >= 0.6 is 0 Å². The molecule has 0 saturated carbocycles. The summed E-state index contributed by atoms with van der Waals surface area (Å²) in [5.74, 6) is 1.04. The van der Waals surface area contributed by atoms with E-state index < -0.39 is 0 Å². The lowest BCUT2D eigenvalue weighted by Gasteiger charge is -2.55. The van der Waals surface area contributed by atoms with Gasteiger partial charge in [0.05, 0.1) is 20.1 Å². The minimum absolute atomic E-state index is 0.229. The average molecular weight is 352 g/mol. The SMILES string of the molecule is CCCCN(C(=O)c1cccc2ccccc12)[C@@H]1CC2CC[N+]1(C)CC2. The monoisotopic (exact) mass is 351 g/mol. The van der Waals surface area contributed by atoms with Crippen molar-refractivity contribution < 1.29 is 9.28 Å². The van der Waals surface area contributed by atoms with Gasteiger partial charge in [0.25, 0.3) is 5.91 Å². The van der Waals surface area contributed by atoms with Gasteiger partial charge in [-0.1, -0.05) is 49.7 Å². The Morgan fingerprint density at radius 2 is 1.85 bits per heavy atom. The Labute approximate surface area is 157 Å². The summed E-state index contributed by atoms with van der Waals surface area (Å²) in [6, 6.07) is 14.4. The lowest BCUT2D eigenvalue weighted by molar-refractivity contribution is -0.958. The zero-order valence-corrected chi connectivity index (χ0v) is 16.2. The van der Waals surface area contributed by atoms with Gasteiger partial charge in [-0.3, -0.25) is 9.69 Å². The number of carbonyl (C=O) groups excluding carboxylic acids is 1. The van der Waals surface area contributed by atoms with Crippen LogP contribution < -0.4 is 0 Å². The van der Waals surface area contributed by atoms with Crippen molar-refractivity contribution in [2.24, 2.45) is 5.92 Å². The molecule has 0 radical (unpaired) electrons. The standard InChI is InChI=1S/C23H31N2O/c1-3-4-14-24(22-17-18-12-15-25(22,2)16-13-18)23(26)21-11-7-9-19-8-5-6-10-20(19)21/h5-11,18,22H,3-4,12-17H2,1-2H3/q+1/t18?,22-,25?/m0/s1. The first kappa shape index (κ1) is 17.5. The van der Waals surface area contributed by atoms with Crippen molar-refractivity contribution in [3.63, 3.8) is 0 Å². The molecule has 1 atom stereocenters. The van der Waals surface area contributed by atoms with Crippen molar-refractivity contribution in [2.45, 2.75) is 45.2 Å². The highest BCUT2D eigenvalue weighted by molar-refractivity contribution is 6.07. The Balaban J connectivity index is 1.71. The minimum Gasteiger partial charge on any atom is -0.306 e. The number of nitrogens with zero attached hydrogens (tertiary/aromatic N) is 2. The van der Waals surface area contributed by atoms with Crippen molar-refractivity contribution in [1.29, 1.82) is 0 Å². The number of hydrogen-bond donors (Lipinski definition) is 0. The molecular weight excluding hydrogens is 320 g/mol. The third-order valence-electron chi connectivity index (χ3n) is 6.75. The Morgan fingerprint density at radius 1 is 1.12 bits per heavy atom. The first-order valence-electron chi connectivity index (χ1n) is 10.3. The van der Waals surface area contributed by atoms with Crippen LogP contribution in [0.25, 0.3) is 10.8 Å². The van der Waals surface area contributed by atoms with E-state index in [4.69, 9.17) is 0 Å². The summed E-state index contributed by atoms with van der Waals surface area (Å²) < 4.78 is 1.05. The van der Waals surface area contributed by atoms with Crippen molar-refractivity contribution in [1.82, 2.24) is 4.90 Å². The molecule has 2 aromatic rings. The molecule has 3 aliphatic heterocycles. The number of fused-ring (bicyclic) bond motifs is 4. The second kappa shape index (κ2) is 7.03. The quantitative estimate of drug-likeness (QED) is 0.717. The molecule has 0 unspecified atom stereocenters. The Morgan fingerprint density at radius 3 is 2.58 bits per heavy atom. The number of rotatable bonds is 5. The lowest BCUT2D eigenvalue weighted by Crippen LogP contribution is -2.68. The predicted molar refractivity (Wildman–Crippen MR) is 107 cm³/mol. The summed E-state index contributed by atoms with van der Waals surface area (Å²) in [7, 11) is 2.37. The maximum Gasteiger partial charge on any atom is 0.258 e. The van der Waals surface area contributed by atoms with Gasteiger partial charge in [-0.05, 0) is 42.0 Å². The van der Waals surface area contributed by atoms with Gasteiger partial charge in [0.2, 0.25) is 0 Å². The van der Waals surface area contributed by atoms with E-state index in [9.17, 15) is 4.79 Å². The van der Waals surface area contributed by atoms with Crippen molar-refractivity contribution in [2.75, 3.05) is 26.7 Å². The van der Waals surface area contributed by atoms with E-state index in [-0.39, 0.29) is 5.91 Å². The van der Waals surface area contributed by atoms with Crippen LogP contribution in [-0.4, -0.2) is 48.1 Å². The fourth-order valence-electron chi connectivity index (χ4n) is 5.04. The topological polar surface area (TPSA) is 20.3 Å². The Bertz CT molecular complexity index is 786. The van der Waals surface area contributed by atoms with E-state index in [2.05, 4.69) is 37.1 Å². The highest BCUT2D eigenvalue weighted by Gasteiger charge is 2.48. The molecule has 5 rings (SSSR count). The second-order valence-electron chi connectivity index (χ2n) is 8.47. The Hall–Kier alpha value is -1.87. The second-order valence-corrected chi connectivity index (χ2v) is 8.47. The van der Waals surface area contributed by atoms with Crippen LogP contribution in [0.2, 0.25) is 0 Å². The molecule has 2 aromatic carbocycles. The van der Waals surface area contributed by atoms with Crippen LogP contribution in [0.15, 0.2) is 42.5 Å². The zero-order valence-electron chi connectivity index (χ0n) is 16.2. The fourth-order valence-corrected chi connectivity index (χ4v) is 5.04. The third kappa shape index (κ3) is 3.03. The van der Waals surface area contributed by atoms with Gasteiger partial charge >= 0.3 is 0 Å². The molecule has 0 spiro atoms. The molecule has 3 aliphatic rings. The van der Waals surface area contributed by atoms with Crippen LogP contribution in [0, 0.1) is 5.92 Å².